The molecule has 0 amide bonds. The van der Waals surface area contributed by atoms with Gasteiger partial charge in [-0.3, -0.25) is 0 Å². The van der Waals surface area contributed by atoms with Crippen molar-refractivity contribution in [3.8, 4) is 5.75 Å². The highest BCUT2D eigenvalue weighted by Gasteiger charge is 2.07. The fraction of sp³-hybridized carbons (Fsp3) is 0.529. The first-order valence-corrected chi connectivity index (χ1v) is 6.95. The van der Waals surface area contributed by atoms with Crippen LogP contribution in [0.15, 0.2) is 29.8 Å². The van der Waals surface area contributed by atoms with Gasteiger partial charge in [0.25, 0.3) is 0 Å². The molecule has 19 heavy (non-hydrogen) atoms. The molecule has 0 atom stereocenters. The smallest absolute Gasteiger partial charge is 0.119 e. The third-order valence-electron chi connectivity index (χ3n) is 2.56. The molecule has 2 heteroatoms. The van der Waals surface area contributed by atoms with E-state index in [4.69, 9.17) is 4.74 Å². The van der Waals surface area contributed by atoms with Crippen molar-refractivity contribution in [3.05, 3.63) is 35.4 Å². The maximum atomic E-state index is 5.63. The highest BCUT2D eigenvalue weighted by atomic mass is 16.5. The monoisotopic (exact) mass is 261 g/mol. The van der Waals surface area contributed by atoms with Crippen molar-refractivity contribution >= 4 is 6.08 Å². The van der Waals surface area contributed by atoms with Crippen LogP contribution in [-0.4, -0.2) is 18.2 Å². The Morgan fingerprint density at radius 3 is 2.26 bits per heavy atom. The van der Waals surface area contributed by atoms with E-state index < -0.39 is 0 Å². The molecule has 0 aliphatic heterocycles. The number of hydrogen-bond acceptors (Lipinski definition) is 2. The number of ether oxygens (including phenoxy) is 1. The Hall–Kier alpha value is -1.28. The zero-order valence-corrected chi connectivity index (χ0v) is 13.1. The van der Waals surface area contributed by atoms with E-state index in [0.717, 1.165) is 12.3 Å². The van der Waals surface area contributed by atoms with Crippen LogP contribution in [0.1, 0.15) is 47.1 Å². The third kappa shape index (κ3) is 7.02. The van der Waals surface area contributed by atoms with E-state index in [-0.39, 0.29) is 11.6 Å². The Morgan fingerprint density at radius 1 is 1.21 bits per heavy atom. The molecule has 0 aliphatic carbocycles. The average molecular weight is 261 g/mol. The lowest BCUT2D eigenvalue weighted by Crippen LogP contribution is -2.36. The largest absolute Gasteiger partial charge is 0.491 e. The van der Waals surface area contributed by atoms with Gasteiger partial charge in [0.05, 0.1) is 6.10 Å². The van der Waals surface area contributed by atoms with Gasteiger partial charge >= 0.3 is 0 Å². The fourth-order valence-corrected chi connectivity index (χ4v) is 1.65. The van der Waals surface area contributed by atoms with Gasteiger partial charge in [-0.1, -0.05) is 23.8 Å². The van der Waals surface area contributed by atoms with E-state index in [1.807, 2.05) is 26.0 Å². The van der Waals surface area contributed by atoms with Crippen molar-refractivity contribution in [3.63, 3.8) is 0 Å². The van der Waals surface area contributed by atoms with Crippen LogP contribution in [0.2, 0.25) is 0 Å². The Balaban J connectivity index is 2.60. The molecule has 2 nitrogen and oxygen atoms in total. The second kappa shape index (κ2) is 6.76. The van der Waals surface area contributed by atoms with Crippen LogP contribution in [0.5, 0.6) is 5.75 Å². The van der Waals surface area contributed by atoms with E-state index in [0.29, 0.717) is 0 Å². The predicted molar refractivity (Wildman–Crippen MR) is 83.6 cm³/mol. The summed E-state index contributed by atoms with van der Waals surface area (Å²) in [4.78, 5) is 0. The van der Waals surface area contributed by atoms with Gasteiger partial charge in [0.15, 0.2) is 0 Å². The average Bonchev–Trinajstić information content (AvgIpc) is 2.28. The maximum absolute atomic E-state index is 5.63. The Bertz CT molecular complexity index is 410. The second-order valence-corrected chi connectivity index (χ2v) is 6.33. The van der Waals surface area contributed by atoms with E-state index in [1.165, 1.54) is 11.1 Å². The van der Waals surface area contributed by atoms with Gasteiger partial charge in [-0.25, -0.2) is 0 Å². The molecule has 0 aromatic heterocycles. The normalized spacial score (nSPS) is 12.9. The minimum Gasteiger partial charge on any atom is -0.491 e. The van der Waals surface area contributed by atoms with Crippen LogP contribution in [0.4, 0.5) is 0 Å². The number of benzene rings is 1. The molecule has 1 aromatic carbocycles. The van der Waals surface area contributed by atoms with Crippen LogP contribution in [0.25, 0.3) is 6.08 Å². The summed E-state index contributed by atoms with van der Waals surface area (Å²) in [6.07, 6.45) is 2.43. The van der Waals surface area contributed by atoms with Crippen LogP contribution in [0, 0.1) is 0 Å². The van der Waals surface area contributed by atoms with Crippen molar-refractivity contribution in [2.75, 3.05) is 6.54 Å². The topological polar surface area (TPSA) is 21.3 Å². The van der Waals surface area contributed by atoms with E-state index in [9.17, 15) is 0 Å². The van der Waals surface area contributed by atoms with Gasteiger partial charge in [0, 0.05) is 12.1 Å². The summed E-state index contributed by atoms with van der Waals surface area (Å²) in [7, 11) is 0. The molecular weight excluding hydrogens is 234 g/mol. The summed E-state index contributed by atoms with van der Waals surface area (Å²) < 4.78 is 5.63. The molecule has 1 N–H and O–H groups in total. The molecule has 1 rings (SSSR count). The minimum atomic E-state index is 0.157. The quantitative estimate of drug-likeness (QED) is 0.855. The van der Waals surface area contributed by atoms with Crippen molar-refractivity contribution < 1.29 is 4.74 Å². The van der Waals surface area contributed by atoms with E-state index in [1.54, 1.807) is 0 Å². The van der Waals surface area contributed by atoms with Crippen molar-refractivity contribution in [2.24, 2.45) is 0 Å². The Kier molecular flexibility index (Phi) is 5.61. The van der Waals surface area contributed by atoms with Gasteiger partial charge in [0.1, 0.15) is 5.75 Å². The Labute approximate surface area is 117 Å². The molecule has 0 heterocycles. The van der Waals surface area contributed by atoms with Crippen LogP contribution < -0.4 is 10.1 Å². The van der Waals surface area contributed by atoms with Crippen molar-refractivity contribution in [1.82, 2.24) is 5.32 Å². The molecule has 0 bridgehead atoms. The molecule has 0 fully saturated rings. The molecule has 106 valence electrons. The zero-order chi connectivity index (χ0) is 14.5. The first kappa shape index (κ1) is 15.8. The fourth-order valence-electron chi connectivity index (χ4n) is 1.65. The lowest BCUT2D eigenvalue weighted by molar-refractivity contribution is 0.242. The second-order valence-electron chi connectivity index (χ2n) is 6.33. The molecular formula is C17H27NO. The number of nitrogens with one attached hydrogen (secondary N) is 1. The number of rotatable bonds is 5. The van der Waals surface area contributed by atoms with Gasteiger partial charge in [0.2, 0.25) is 0 Å². The third-order valence-corrected chi connectivity index (χ3v) is 2.56. The molecule has 0 spiro atoms. The van der Waals surface area contributed by atoms with Gasteiger partial charge in [-0.2, -0.15) is 0 Å². The maximum Gasteiger partial charge on any atom is 0.119 e. The van der Waals surface area contributed by atoms with Gasteiger partial charge in [-0.15, -0.1) is 0 Å². The summed E-state index contributed by atoms with van der Waals surface area (Å²) in [5.41, 5.74) is 2.70. The summed E-state index contributed by atoms with van der Waals surface area (Å²) in [5.74, 6) is 0.928. The summed E-state index contributed by atoms with van der Waals surface area (Å²) in [6, 6.07) is 8.24. The lowest BCUT2D eigenvalue weighted by atomic mass is 10.1. The highest BCUT2D eigenvalue weighted by molar-refractivity contribution is 5.53. The van der Waals surface area contributed by atoms with Gasteiger partial charge < -0.3 is 10.1 Å². The molecule has 0 saturated carbocycles. The van der Waals surface area contributed by atoms with Crippen LogP contribution in [-0.2, 0) is 0 Å². The first-order valence-electron chi connectivity index (χ1n) is 6.95. The van der Waals surface area contributed by atoms with Crippen LogP contribution >= 0.6 is 0 Å². The van der Waals surface area contributed by atoms with Gasteiger partial charge in [-0.05, 0) is 59.2 Å². The standard InChI is InChI=1S/C17H27NO/c1-13(2)19-16-9-7-15(8-10-16)11-14(3)12-18-17(4,5)6/h7-11,13,18H,12H2,1-6H3. The van der Waals surface area contributed by atoms with E-state index in [2.05, 4.69) is 51.2 Å². The van der Waals surface area contributed by atoms with Crippen molar-refractivity contribution in [1.29, 1.82) is 0 Å². The molecule has 0 radical (unpaired) electrons. The molecule has 0 unspecified atom stereocenters. The zero-order valence-electron chi connectivity index (χ0n) is 13.1. The van der Waals surface area contributed by atoms with E-state index >= 15 is 0 Å². The molecule has 0 aliphatic rings. The number of hydrogen-bond donors (Lipinski definition) is 1. The summed E-state index contributed by atoms with van der Waals surface area (Å²) >= 11 is 0. The minimum absolute atomic E-state index is 0.157. The molecule has 1 aromatic rings. The lowest BCUT2D eigenvalue weighted by Gasteiger charge is -2.20. The SMILES string of the molecule is CC(=Cc1ccc(OC(C)C)cc1)CNC(C)(C)C. The van der Waals surface area contributed by atoms with Crippen LogP contribution in [0.3, 0.4) is 0 Å². The Morgan fingerprint density at radius 2 is 1.79 bits per heavy atom. The molecule has 0 saturated heterocycles. The van der Waals surface area contributed by atoms with Crippen molar-refractivity contribution in [2.45, 2.75) is 53.2 Å². The predicted octanol–water partition coefficient (Wildman–Crippen LogP) is 4.27. The summed E-state index contributed by atoms with van der Waals surface area (Å²) in [6.45, 7) is 13.7. The highest BCUT2D eigenvalue weighted by Crippen LogP contribution is 2.15. The summed E-state index contributed by atoms with van der Waals surface area (Å²) in [5, 5.41) is 3.49. The first-order chi connectivity index (χ1) is 8.76.